The Morgan fingerprint density at radius 3 is 2.54 bits per heavy atom. The Hall–Kier alpha value is -2.27. The van der Waals surface area contributed by atoms with Crippen molar-refractivity contribution in [1.29, 1.82) is 0 Å². The average molecular weight is 416 g/mol. The van der Waals surface area contributed by atoms with Crippen LogP contribution in [-0.2, 0) is 11.3 Å². The molecule has 26 heavy (non-hydrogen) atoms. The Morgan fingerprint density at radius 2 is 1.88 bits per heavy atom. The lowest BCUT2D eigenvalue weighted by atomic mass is 10.2. The molecule has 2 aromatic carbocycles. The minimum Gasteiger partial charge on any atom is -0.497 e. The van der Waals surface area contributed by atoms with Gasteiger partial charge in [0.15, 0.2) is 5.75 Å². The van der Waals surface area contributed by atoms with Crippen molar-refractivity contribution in [3.8, 4) is 11.5 Å². The van der Waals surface area contributed by atoms with Gasteiger partial charge >= 0.3 is 5.97 Å². The van der Waals surface area contributed by atoms with Crippen LogP contribution < -0.4 is 9.47 Å². The molecule has 1 aromatic heterocycles. The molecule has 0 amide bonds. The van der Waals surface area contributed by atoms with Gasteiger partial charge in [0.05, 0.1) is 18.3 Å². The van der Waals surface area contributed by atoms with Gasteiger partial charge in [-0.05, 0) is 49.2 Å². The van der Waals surface area contributed by atoms with E-state index in [9.17, 15) is 4.79 Å². The Bertz CT molecular complexity index is 929. The first-order valence-electron chi connectivity index (χ1n) is 8.65. The minimum atomic E-state index is -0.207. The van der Waals surface area contributed by atoms with Crippen LogP contribution in [0.4, 0.5) is 0 Å². The highest BCUT2D eigenvalue weighted by atomic mass is 79.9. The number of aromatic nitrogens is 1. The molecule has 4 nitrogen and oxygen atoms in total. The van der Waals surface area contributed by atoms with Crippen LogP contribution in [0.5, 0.6) is 11.5 Å². The standard InChI is InChI=1S/C21H22BrNO3/c1-4-5-20(24)26-21-14(2)23(13-15-6-8-16(22)9-7-15)19-11-10-17(25-3)12-18(19)21/h6-12H,4-5,13H2,1-3H3. The topological polar surface area (TPSA) is 40.5 Å². The lowest BCUT2D eigenvalue weighted by Crippen LogP contribution is -2.08. The van der Waals surface area contributed by atoms with Gasteiger partial charge in [0.1, 0.15) is 5.75 Å². The lowest BCUT2D eigenvalue weighted by Gasteiger charge is -2.09. The fraction of sp³-hybridized carbons (Fsp3) is 0.286. The molecule has 0 aliphatic heterocycles. The molecule has 3 aromatic rings. The molecular weight excluding hydrogens is 394 g/mol. The lowest BCUT2D eigenvalue weighted by molar-refractivity contribution is -0.134. The van der Waals surface area contributed by atoms with E-state index < -0.39 is 0 Å². The van der Waals surface area contributed by atoms with Gasteiger partial charge in [-0.2, -0.15) is 0 Å². The van der Waals surface area contributed by atoms with E-state index in [0.29, 0.717) is 18.7 Å². The molecule has 0 unspecified atom stereocenters. The minimum absolute atomic E-state index is 0.207. The van der Waals surface area contributed by atoms with Gasteiger partial charge in [-0.15, -0.1) is 0 Å². The summed E-state index contributed by atoms with van der Waals surface area (Å²) in [4.78, 5) is 12.1. The Balaban J connectivity index is 2.08. The molecule has 0 bridgehead atoms. The van der Waals surface area contributed by atoms with Crippen molar-refractivity contribution in [2.24, 2.45) is 0 Å². The Labute approximate surface area is 161 Å². The highest BCUT2D eigenvalue weighted by molar-refractivity contribution is 9.10. The summed E-state index contributed by atoms with van der Waals surface area (Å²) >= 11 is 3.47. The van der Waals surface area contributed by atoms with Crippen LogP contribution in [0.3, 0.4) is 0 Å². The normalized spacial score (nSPS) is 10.9. The van der Waals surface area contributed by atoms with Gasteiger partial charge in [-0.1, -0.05) is 35.0 Å². The fourth-order valence-electron chi connectivity index (χ4n) is 3.03. The third kappa shape index (κ3) is 3.78. The number of benzene rings is 2. The van der Waals surface area contributed by atoms with Crippen molar-refractivity contribution in [2.45, 2.75) is 33.2 Å². The number of nitrogens with zero attached hydrogens (tertiary/aromatic N) is 1. The van der Waals surface area contributed by atoms with E-state index >= 15 is 0 Å². The van der Waals surface area contributed by atoms with E-state index in [2.05, 4.69) is 32.6 Å². The molecule has 136 valence electrons. The van der Waals surface area contributed by atoms with Crippen LogP contribution >= 0.6 is 15.9 Å². The zero-order valence-corrected chi connectivity index (χ0v) is 16.8. The van der Waals surface area contributed by atoms with Crippen LogP contribution in [0, 0.1) is 6.92 Å². The van der Waals surface area contributed by atoms with E-state index in [0.717, 1.165) is 33.2 Å². The van der Waals surface area contributed by atoms with Crippen LogP contribution in [0.1, 0.15) is 31.0 Å². The number of hydrogen-bond acceptors (Lipinski definition) is 3. The van der Waals surface area contributed by atoms with Crippen LogP contribution in [0.25, 0.3) is 10.9 Å². The molecule has 0 spiro atoms. The van der Waals surface area contributed by atoms with Crippen molar-refractivity contribution in [1.82, 2.24) is 4.57 Å². The van der Waals surface area contributed by atoms with E-state index in [-0.39, 0.29) is 5.97 Å². The zero-order chi connectivity index (χ0) is 18.7. The number of esters is 1. The van der Waals surface area contributed by atoms with Crippen molar-refractivity contribution in [3.05, 3.63) is 58.2 Å². The monoisotopic (exact) mass is 415 g/mol. The summed E-state index contributed by atoms with van der Waals surface area (Å²) in [6.45, 7) is 4.65. The molecule has 1 heterocycles. The summed E-state index contributed by atoms with van der Waals surface area (Å²) in [5.41, 5.74) is 3.13. The molecule has 0 radical (unpaired) electrons. The van der Waals surface area contributed by atoms with E-state index in [1.54, 1.807) is 7.11 Å². The third-order valence-electron chi connectivity index (χ3n) is 4.40. The Kier molecular flexibility index (Phi) is 5.67. The number of methoxy groups -OCH3 is 1. The van der Waals surface area contributed by atoms with Crippen molar-refractivity contribution in [2.75, 3.05) is 7.11 Å². The molecule has 5 heteroatoms. The molecule has 0 N–H and O–H groups in total. The van der Waals surface area contributed by atoms with Gasteiger partial charge < -0.3 is 14.0 Å². The maximum Gasteiger partial charge on any atom is 0.311 e. The molecule has 0 aliphatic rings. The maximum atomic E-state index is 12.1. The summed E-state index contributed by atoms with van der Waals surface area (Å²) in [5, 5.41) is 0.892. The fourth-order valence-corrected chi connectivity index (χ4v) is 3.30. The molecule has 0 saturated carbocycles. The summed E-state index contributed by atoms with van der Waals surface area (Å²) in [6.07, 6.45) is 1.17. The van der Waals surface area contributed by atoms with E-state index in [1.807, 2.05) is 44.2 Å². The van der Waals surface area contributed by atoms with Crippen LogP contribution in [0.15, 0.2) is 46.9 Å². The summed E-state index contributed by atoms with van der Waals surface area (Å²) in [7, 11) is 1.63. The average Bonchev–Trinajstić information content (AvgIpc) is 2.89. The molecule has 0 aliphatic carbocycles. The predicted octanol–water partition coefficient (Wildman–Crippen LogP) is 5.47. The van der Waals surface area contributed by atoms with Gasteiger partial charge in [-0.3, -0.25) is 4.79 Å². The number of rotatable bonds is 6. The largest absolute Gasteiger partial charge is 0.497 e. The number of fused-ring (bicyclic) bond motifs is 1. The number of carbonyl (C=O) groups is 1. The number of hydrogen-bond donors (Lipinski definition) is 0. The van der Waals surface area contributed by atoms with Crippen molar-refractivity contribution in [3.63, 3.8) is 0 Å². The quantitative estimate of drug-likeness (QED) is 0.500. The second kappa shape index (κ2) is 7.96. The van der Waals surface area contributed by atoms with Gasteiger partial charge in [0.25, 0.3) is 0 Å². The predicted molar refractivity (Wildman–Crippen MR) is 107 cm³/mol. The first kappa shape index (κ1) is 18.5. The smallest absolute Gasteiger partial charge is 0.311 e. The van der Waals surface area contributed by atoms with Gasteiger partial charge in [0.2, 0.25) is 0 Å². The highest BCUT2D eigenvalue weighted by Gasteiger charge is 2.19. The highest BCUT2D eigenvalue weighted by Crippen LogP contribution is 2.36. The second-order valence-electron chi connectivity index (χ2n) is 6.23. The molecule has 0 fully saturated rings. The molecule has 0 atom stereocenters. The summed E-state index contributed by atoms with van der Waals surface area (Å²) < 4.78 is 14.3. The van der Waals surface area contributed by atoms with Crippen molar-refractivity contribution < 1.29 is 14.3 Å². The maximum absolute atomic E-state index is 12.1. The first-order chi connectivity index (χ1) is 12.5. The summed E-state index contributed by atoms with van der Waals surface area (Å²) in [6, 6.07) is 14.1. The number of halogens is 1. The zero-order valence-electron chi connectivity index (χ0n) is 15.2. The van der Waals surface area contributed by atoms with E-state index in [4.69, 9.17) is 9.47 Å². The number of ether oxygens (including phenoxy) is 2. The van der Waals surface area contributed by atoms with Gasteiger partial charge in [-0.25, -0.2) is 0 Å². The van der Waals surface area contributed by atoms with Crippen LogP contribution in [0.2, 0.25) is 0 Å². The SMILES string of the molecule is CCCC(=O)Oc1c(C)n(Cc2ccc(Br)cc2)c2ccc(OC)cc12. The molecule has 0 saturated heterocycles. The van der Waals surface area contributed by atoms with E-state index in [1.165, 1.54) is 5.56 Å². The second-order valence-corrected chi connectivity index (χ2v) is 7.15. The number of carbonyl (C=O) groups excluding carboxylic acids is 1. The third-order valence-corrected chi connectivity index (χ3v) is 4.93. The Morgan fingerprint density at radius 1 is 1.15 bits per heavy atom. The van der Waals surface area contributed by atoms with Crippen LogP contribution in [-0.4, -0.2) is 17.6 Å². The summed E-state index contributed by atoms with van der Waals surface area (Å²) in [5.74, 6) is 1.15. The molecular formula is C21H22BrNO3. The van der Waals surface area contributed by atoms with Gasteiger partial charge in [0, 0.05) is 22.8 Å². The first-order valence-corrected chi connectivity index (χ1v) is 9.44. The molecule has 3 rings (SSSR count). The van der Waals surface area contributed by atoms with Crippen molar-refractivity contribution >= 4 is 32.8 Å².